The maximum absolute atomic E-state index is 12.9. The second-order valence-corrected chi connectivity index (χ2v) is 7.16. The van der Waals surface area contributed by atoms with Gasteiger partial charge in [-0.2, -0.15) is 15.3 Å². The Morgan fingerprint density at radius 1 is 1.10 bits per heavy atom. The summed E-state index contributed by atoms with van der Waals surface area (Å²) in [6.45, 7) is 1.85. The first-order chi connectivity index (χ1) is 15.1. The Labute approximate surface area is 181 Å². The van der Waals surface area contributed by atoms with E-state index in [1.54, 1.807) is 12.3 Å². The highest BCUT2D eigenvalue weighted by molar-refractivity contribution is 6.32. The smallest absolute Gasteiger partial charge is 0.276 e. The molecule has 1 aromatic carbocycles. The van der Waals surface area contributed by atoms with E-state index < -0.39 is 0 Å². The van der Waals surface area contributed by atoms with E-state index in [4.69, 9.17) is 11.6 Å². The number of hydrogen-bond acceptors (Lipinski definition) is 6. The predicted molar refractivity (Wildman–Crippen MR) is 116 cm³/mol. The Kier molecular flexibility index (Phi) is 4.64. The molecule has 0 unspecified atom stereocenters. The van der Waals surface area contributed by atoms with Gasteiger partial charge in [-0.1, -0.05) is 29.8 Å². The Balaban J connectivity index is 1.44. The number of fused-ring (bicyclic) bond motifs is 1. The van der Waals surface area contributed by atoms with Crippen LogP contribution in [0.4, 0.5) is 5.69 Å². The van der Waals surface area contributed by atoms with E-state index >= 15 is 0 Å². The van der Waals surface area contributed by atoms with Crippen LogP contribution in [0.25, 0.3) is 28.0 Å². The summed E-state index contributed by atoms with van der Waals surface area (Å²) in [6.07, 6.45) is 6.29. The van der Waals surface area contributed by atoms with E-state index in [-0.39, 0.29) is 11.6 Å². The molecule has 152 valence electrons. The standard InChI is InChI=1S/C21H15ClN8O/c1-12-18(15-4-2-6-17-14(15)5-3-7-23-17)28-29-19(12)21(31)27-13-10-16(22)20(24-11-13)30-25-8-9-26-30/h2-11H,1H3,(H,27,31)(H,28,29). The van der Waals surface area contributed by atoms with Crippen molar-refractivity contribution >= 4 is 34.1 Å². The van der Waals surface area contributed by atoms with Crippen molar-refractivity contribution in [1.82, 2.24) is 35.2 Å². The number of anilines is 1. The van der Waals surface area contributed by atoms with Crippen LogP contribution in [0.5, 0.6) is 0 Å². The summed E-state index contributed by atoms with van der Waals surface area (Å²) in [7, 11) is 0. The zero-order chi connectivity index (χ0) is 21.4. The number of H-pyrrole nitrogens is 1. The average molecular weight is 431 g/mol. The minimum Gasteiger partial charge on any atom is -0.319 e. The highest BCUT2D eigenvalue weighted by Crippen LogP contribution is 2.30. The molecule has 0 spiro atoms. The molecule has 1 amide bonds. The summed E-state index contributed by atoms with van der Waals surface area (Å²) in [5.74, 6) is -0.00587. The molecule has 0 fully saturated rings. The first kappa shape index (κ1) is 18.9. The van der Waals surface area contributed by atoms with E-state index in [0.29, 0.717) is 16.5 Å². The number of aromatic amines is 1. The second-order valence-electron chi connectivity index (χ2n) is 6.75. The lowest BCUT2D eigenvalue weighted by atomic mass is 10.0. The van der Waals surface area contributed by atoms with Gasteiger partial charge in [-0.3, -0.25) is 14.9 Å². The number of halogens is 1. The molecule has 5 rings (SSSR count). The van der Waals surface area contributed by atoms with Crippen molar-refractivity contribution in [2.75, 3.05) is 5.32 Å². The Bertz CT molecular complexity index is 1410. The van der Waals surface area contributed by atoms with Gasteiger partial charge in [0.1, 0.15) is 0 Å². The lowest BCUT2D eigenvalue weighted by molar-refractivity contribution is 0.102. The van der Waals surface area contributed by atoms with E-state index in [2.05, 4.69) is 35.7 Å². The predicted octanol–water partition coefficient (Wildman–Crippen LogP) is 3.81. The quantitative estimate of drug-likeness (QED) is 0.448. The SMILES string of the molecule is Cc1c(C(=O)Nc2cnc(-n3nccn3)c(Cl)c2)n[nH]c1-c1cccc2ncccc12. The molecule has 4 heterocycles. The molecule has 9 nitrogen and oxygen atoms in total. The van der Waals surface area contributed by atoms with Crippen LogP contribution in [0.1, 0.15) is 16.1 Å². The third kappa shape index (κ3) is 3.40. The van der Waals surface area contributed by atoms with E-state index in [1.807, 2.05) is 37.3 Å². The van der Waals surface area contributed by atoms with Gasteiger partial charge in [-0.25, -0.2) is 4.98 Å². The molecule has 0 radical (unpaired) electrons. The van der Waals surface area contributed by atoms with Crippen molar-refractivity contribution in [3.05, 3.63) is 77.5 Å². The molecule has 0 aliphatic carbocycles. The van der Waals surface area contributed by atoms with E-state index in [9.17, 15) is 4.79 Å². The Morgan fingerprint density at radius 2 is 1.94 bits per heavy atom. The number of rotatable bonds is 4. The van der Waals surface area contributed by atoms with Gasteiger partial charge < -0.3 is 5.32 Å². The number of carbonyl (C=O) groups is 1. The van der Waals surface area contributed by atoms with Gasteiger partial charge in [0.25, 0.3) is 5.91 Å². The number of pyridine rings is 2. The van der Waals surface area contributed by atoms with Crippen molar-refractivity contribution in [3.8, 4) is 17.1 Å². The summed E-state index contributed by atoms with van der Waals surface area (Å²) in [4.78, 5) is 22.8. The number of carbonyl (C=O) groups excluding carboxylic acids is 1. The first-order valence-electron chi connectivity index (χ1n) is 9.34. The molecule has 0 saturated heterocycles. The van der Waals surface area contributed by atoms with Crippen LogP contribution in [-0.2, 0) is 0 Å². The van der Waals surface area contributed by atoms with Crippen molar-refractivity contribution in [3.63, 3.8) is 0 Å². The summed E-state index contributed by atoms with van der Waals surface area (Å²) < 4.78 is 0. The second kappa shape index (κ2) is 7.62. The van der Waals surface area contributed by atoms with Crippen LogP contribution >= 0.6 is 11.6 Å². The van der Waals surface area contributed by atoms with Crippen molar-refractivity contribution in [2.24, 2.45) is 0 Å². The topological polar surface area (TPSA) is 114 Å². The molecule has 0 atom stereocenters. The number of benzene rings is 1. The molecule has 2 N–H and O–H groups in total. The number of hydrogen-bond donors (Lipinski definition) is 2. The van der Waals surface area contributed by atoms with Gasteiger partial charge in [0.05, 0.1) is 40.5 Å². The van der Waals surface area contributed by atoms with Gasteiger partial charge in [0, 0.05) is 22.7 Å². The van der Waals surface area contributed by atoms with Crippen molar-refractivity contribution in [1.29, 1.82) is 0 Å². The lowest BCUT2D eigenvalue weighted by Crippen LogP contribution is -2.14. The van der Waals surface area contributed by atoms with Gasteiger partial charge in [0.15, 0.2) is 11.5 Å². The molecule has 0 bridgehead atoms. The van der Waals surface area contributed by atoms with Gasteiger partial charge in [0.2, 0.25) is 0 Å². The normalized spacial score (nSPS) is 11.0. The fraction of sp³-hybridized carbons (Fsp3) is 0.0476. The first-order valence-corrected chi connectivity index (χ1v) is 9.72. The highest BCUT2D eigenvalue weighted by atomic mass is 35.5. The van der Waals surface area contributed by atoms with Crippen LogP contribution in [-0.4, -0.2) is 41.1 Å². The summed E-state index contributed by atoms with van der Waals surface area (Å²) in [5.41, 5.74) is 4.00. The number of nitrogens with one attached hydrogen (secondary N) is 2. The molecular formula is C21H15ClN8O. The Morgan fingerprint density at radius 3 is 2.74 bits per heavy atom. The van der Waals surface area contributed by atoms with Gasteiger partial charge in [-0.05, 0) is 25.1 Å². The molecule has 5 aromatic rings. The summed E-state index contributed by atoms with van der Waals surface area (Å²) in [6, 6.07) is 11.3. The molecule has 31 heavy (non-hydrogen) atoms. The zero-order valence-corrected chi connectivity index (χ0v) is 17.0. The third-order valence-electron chi connectivity index (χ3n) is 4.83. The number of nitrogens with zero attached hydrogens (tertiary/aromatic N) is 6. The Hall–Kier alpha value is -4.11. The molecule has 0 aliphatic heterocycles. The average Bonchev–Trinajstić information content (AvgIpc) is 3.43. The zero-order valence-electron chi connectivity index (χ0n) is 16.2. The molecule has 0 saturated carbocycles. The van der Waals surface area contributed by atoms with Gasteiger partial charge >= 0.3 is 0 Å². The van der Waals surface area contributed by atoms with Crippen LogP contribution in [0.2, 0.25) is 5.02 Å². The maximum Gasteiger partial charge on any atom is 0.276 e. The fourth-order valence-corrected chi connectivity index (χ4v) is 3.61. The molecule has 0 aliphatic rings. The van der Waals surface area contributed by atoms with Gasteiger partial charge in [-0.15, -0.1) is 4.80 Å². The lowest BCUT2D eigenvalue weighted by Gasteiger charge is -2.07. The van der Waals surface area contributed by atoms with Crippen LogP contribution in [0.15, 0.2) is 61.2 Å². The largest absolute Gasteiger partial charge is 0.319 e. The maximum atomic E-state index is 12.9. The highest BCUT2D eigenvalue weighted by Gasteiger charge is 2.19. The summed E-state index contributed by atoms with van der Waals surface area (Å²) in [5, 5.41) is 19.3. The van der Waals surface area contributed by atoms with Crippen LogP contribution in [0, 0.1) is 6.92 Å². The summed E-state index contributed by atoms with van der Waals surface area (Å²) >= 11 is 6.28. The number of aromatic nitrogens is 7. The molecular weight excluding hydrogens is 416 g/mol. The minimum absolute atomic E-state index is 0.282. The van der Waals surface area contributed by atoms with Crippen molar-refractivity contribution in [2.45, 2.75) is 6.92 Å². The van der Waals surface area contributed by atoms with Crippen LogP contribution in [0.3, 0.4) is 0 Å². The minimum atomic E-state index is -0.374. The fourth-order valence-electron chi connectivity index (χ4n) is 3.36. The third-order valence-corrected chi connectivity index (χ3v) is 5.11. The monoisotopic (exact) mass is 430 g/mol. The van der Waals surface area contributed by atoms with Crippen LogP contribution < -0.4 is 5.32 Å². The molecule has 4 aromatic heterocycles. The molecule has 10 heteroatoms. The van der Waals surface area contributed by atoms with E-state index in [0.717, 1.165) is 27.7 Å². The van der Waals surface area contributed by atoms with E-state index in [1.165, 1.54) is 23.4 Å². The number of amides is 1. The van der Waals surface area contributed by atoms with Crippen molar-refractivity contribution < 1.29 is 4.79 Å².